The van der Waals surface area contributed by atoms with Crippen LogP contribution in [0.3, 0.4) is 0 Å². The summed E-state index contributed by atoms with van der Waals surface area (Å²) >= 11 is 0. The third-order valence-corrected chi connectivity index (χ3v) is 6.14. The van der Waals surface area contributed by atoms with E-state index in [9.17, 15) is 18.0 Å². The minimum absolute atomic E-state index is 0.0390. The maximum atomic E-state index is 12.2. The van der Waals surface area contributed by atoms with Crippen LogP contribution >= 0.6 is 0 Å². The highest BCUT2D eigenvalue weighted by Gasteiger charge is 2.30. The molecule has 2 aliphatic rings. The summed E-state index contributed by atoms with van der Waals surface area (Å²) in [6.07, 6.45) is 3.51. The maximum Gasteiger partial charge on any atom is 0.232 e. The lowest BCUT2D eigenvalue weighted by molar-refractivity contribution is -0.136. The Morgan fingerprint density at radius 1 is 1.16 bits per heavy atom. The highest BCUT2D eigenvalue weighted by atomic mass is 32.2. The van der Waals surface area contributed by atoms with Crippen molar-refractivity contribution in [1.82, 2.24) is 20.2 Å². The van der Waals surface area contributed by atoms with Crippen LogP contribution in [0.25, 0.3) is 0 Å². The van der Waals surface area contributed by atoms with Crippen LogP contribution in [-0.2, 0) is 19.4 Å². The van der Waals surface area contributed by atoms with Gasteiger partial charge in [-0.3, -0.25) is 9.59 Å². The van der Waals surface area contributed by atoms with E-state index in [2.05, 4.69) is 15.3 Å². The Morgan fingerprint density at radius 3 is 2.44 bits per heavy atom. The molecule has 3 rings (SSSR count). The van der Waals surface area contributed by atoms with Crippen LogP contribution in [-0.4, -0.2) is 78.8 Å². The van der Waals surface area contributed by atoms with E-state index in [1.807, 2.05) is 4.90 Å². The van der Waals surface area contributed by atoms with Gasteiger partial charge in [0.05, 0.1) is 11.5 Å². The zero-order valence-electron chi connectivity index (χ0n) is 13.8. The molecule has 10 heteroatoms. The van der Waals surface area contributed by atoms with Gasteiger partial charge in [-0.15, -0.1) is 0 Å². The molecule has 1 aromatic heterocycles. The smallest absolute Gasteiger partial charge is 0.232 e. The fourth-order valence-corrected chi connectivity index (χ4v) is 4.72. The van der Waals surface area contributed by atoms with Crippen LogP contribution in [0.5, 0.6) is 0 Å². The molecular weight excluding hydrogens is 346 g/mol. The van der Waals surface area contributed by atoms with E-state index in [1.54, 1.807) is 23.4 Å². The zero-order valence-corrected chi connectivity index (χ0v) is 14.6. The number of carbonyl (C=O) groups is 2. The highest BCUT2D eigenvalue weighted by molar-refractivity contribution is 7.91. The predicted molar refractivity (Wildman–Crippen MR) is 90.6 cm³/mol. The van der Waals surface area contributed by atoms with Crippen molar-refractivity contribution in [3.8, 4) is 0 Å². The minimum Gasteiger partial charge on any atom is -0.352 e. The fraction of sp³-hybridized carbons (Fsp3) is 0.600. The molecule has 0 radical (unpaired) electrons. The average Bonchev–Trinajstić information content (AvgIpc) is 2.94. The van der Waals surface area contributed by atoms with E-state index in [0.29, 0.717) is 38.5 Å². The van der Waals surface area contributed by atoms with Crippen molar-refractivity contribution in [2.45, 2.75) is 18.9 Å². The lowest BCUT2D eigenvalue weighted by Crippen LogP contribution is -2.50. The number of rotatable bonds is 4. The second-order valence-corrected chi connectivity index (χ2v) is 8.49. The SMILES string of the molecule is O=C(CC(=O)N1CCN(c2ncccn2)CC1)NC1CCS(=O)(=O)C1. The summed E-state index contributed by atoms with van der Waals surface area (Å²) in [6.45, 7) is 2.22. The molecule has 0 aliphatic carbocycles. The van der Waals surface area contributed by atoms with E-state index in [-0.39, 0.29) is 29.9 Å². The molecular formula is C15H21N5O4S. The van der Waals surface area contributed by atoms with Crippen LogP contribution in [0.2, 0.25) is 0 Å². The lowest BCUT2D eigenvalue weighted by atomic mass is 10.2. The summed E-state index contributed by atoms with van der Waals surface area (Å²) in [5.74, 6) is 0.0284. The van der Waals surface area contributed by atoms with Crippen molar-refractivity contribution in [3.05, 3.63) is 18.5 Å². The molecule has 1 N–H and O–H groups in total. The molecule has 2 amide bonds. The van der Waals surface area contributed by atoms with Gasteiger partial charge in [0.25, 0.3) is 0 Å². The van der Waals surface area contributed by atoms with E-state index in [0.717, 1.165) is 0 Å². The number of carbonyl (C=O) groups excluding carboxylic acids is 2. The lowest BCUT2D eigenvalue weighted by Gasteiger charge is -2.34. The van der Waals surface area contributed by atoms with E-state index in [4.69, 9.17) is 0 Å². The highest BCUT2D eigenvalue weighted by Crippen LogP contribution is 2.12. The Morgan fingerprint density at radius 2 is 1.84 bits per heavy atom. The zero-order chi connectivity index (χ0) is 17.9. The van der Waals surface area contributed by atoms with E-state index in [1.165, 1.54) is 0 Å². The summed E-state index contributed by atoms with van der Waals surface area (Å²) in [7, 11) is -3.05. The second kappa shape index (κ2) is 7.34. The first-order chi connectivity index (χ1) is 11.9. The molecule has 1 aromatic rings. The Kier molecular flexibility index (Phi) is 5.16. The molecule has 2 saturated heterocycles. The largest absolute Gasteiger partial charge is 0.352 e. The summed E-state index contributed by atoms with van der Waals surface area (Å²) < 4.78 is 22.8. The summed E-state index contributed by atoms with van der Waals surface area (Å²) in [4.78, 5) is 36.2. The number of amides is 2. The topological polar surface area (TPSA) is 113 Å². The standard InChI is InChI=1S/C15H21N5O4S/c21-13(18-12-2-9-25(23,24)11-12)10-14(22)19-5-7-20(8-6-19)15-16-3-1-4-17-15/h1,3-4,12H,2,5-11H2,(H,18,21). The van der Waals surface area contributed by atoms with Crippen molar-refractivity contribution in [2.75, 3.05) is 42.6 Å². The fourth-order valence-electron chi connectivity index (χ4n) is 3.05. The van der Waals surface area contributed by atoms with Gasteiger partial charge in [-0.25, -0.2) is 18.4 Å². The molecule has 0 saturated carbocycles. The van der Waals surface area contributed by atoms with Crippen molar-refractivity contribution >= 4 is 27.6 Å². The molecule has 1 unspecified atom stereocenters. The summed E-state index contributed by atoms with van der Waals surface area (Å²) in [6, 6.07) is 1.37. The number of anilines is 1. The van der Waals surface area contributed by atoms with Crippen molar-refractivity contribution in [1.29, 1.82) is 0 Å². The third-order valence-electron chi connectivity index (χ3n) is 4.38. The number of hydrogen-bond acceptors (Lipinski definition) is 7. The van der Waals surface area contributed by atoms with Gasteiger partial charge in [-0.05, 0) is 12.5 Å². The predicted octanol–water partition coefficient (Wildman–Crippen LogP) is -1.18. The van der Waals surface area contributed by atoms with Crippen molar-refractivity contribution < 1.29 is 18.0 Å². The molecule has 1 atom stereocenters. The molecule has 9 nitrogen and oxygen atoms in total. The summed E-state index contributed by atoms with van der Waals surface area (Å²) in [5, 5.41) is 2.64. The van der Waals surface area contributed by atoms with Crippen LogP contribution in [0.1, 0.15) is 12.8 Å². The minimum atomic E-state index is -3.05. The normalized spacial score (nSPS) is 22.6. The van der Waals surface area contributed by atoms with Gasteiger partial charge >= 0.3 is 0 Å². The van der Waals surface area contributed by atoms with Gasteiger partial charge in [0.15, 0.2) is 9.84 Å². The number of aromatic nitrogens is 2. The first kappa shape index (κ1) is 17.6. The molecule has 0 aromatic carbocycles. The number of nitrogens with one attached hydrogen (secondary N) is 1. The summed E-state index contributed by atoms with van der Waals surface area (Å²) in [5.41, 5.74) is 0. The maximum absolute atomic E-state index is 12.2. The van der Waals surface area contributed by atoms with E-state index < -0.39 is 15.7 Å². The Labute approximate surface area is 146 Å². The van der Waals surface area contributed by atoms with Crippen LogP contribution in [0.15, 0.2) is 18.5 Å². The van der Waals surface area contributed by atoms with Crippen LogP contribution in [0.4, 0.5) is 5.95 Å². The number of sulfone groups is 1. The van der Waals surface area contributed by atoms with Crippen LogP contribution in [0, 0.1) is 0 Å². The number of nitrogens with zero attached hydrogens (tertiary/aromatic N) is 4. The third kappa shape index (κ3) is 4.65. The molecule has 2 fully saturated rings. The molecule has 25 heavy (non-hydrogen) atoms. The average molecular weight is 367 g/mol. The molecule has 2 aliphatic heterocycles. The van der Waals surface area contributed by atoms with Gasteiger partial charge in [0.1, 0.15) is 6.42 Å². The number of hydrogen-bond donors (Lipinski definition) is 1. The molecule has 0 bridgehead atoms. The Bertz CT molecular complexity index is 732. The van der Waals surface area contributed by atoms with Crippen LogP contribution < -0.4 is 10.2 Å². The van der Waals surface area contributed by atoms with Crippen molar-refractivity contribution in [3.63, 3.8) is 0 Å². The van der Waals surface area contributed by atoms with Gasteiger partial charge < -0.3 is 15.1 Å². The Hall–Kier alpha value is -2.23. The molecule has 136 valence electrons. The van der Waals surface area contributed by atoms with Crippen molar-refractivity contribution in [2.24, 2.45) is 0 Å². The quantitative estimate of drug-likeness (QED) is 0.667. The van der Waals surface area contributed by atoms with Gasteiger partial charge in [-0.2, -0.15) is 0 Å². The van der Waals surface area contributed by atoms with E-state index >= 15 is 0 Å². The first-order valence-corrected chi connectivity index (χ1v) is 10.0. The molecule has 0 spiro atoms. The number of piperazine rings is 1. The van der Waals surface area contributed by atoms with Gasteiger partial charge in [0, 0.05) is 44.6 Å². The first-order valence-electron chi connectivity index (χ1n) is 8.22. The van der Waals surface area contributed by atoms with Gasteiger partial charge in [0.2, 0.25) is 17.8 Å². The monoisotopic (exact) mass is 367 g/mol. The molecule has 3 heterocycles. The Balaban J connectivity index is 1.44. The van der Waals surface area contributed by atoms with Gasteiger partial charge in [-0.1, -0.05) is 0 Å². The second-order valence-electron chi connectivity index (χ2n) is 6.26.